The monoisotopic (exact) mass is 256 g/mol. The minimum atomic E-state index is -0.0565. The molecule has 2 aromatic rings. The van der Waals surface area contributed by atoms with Gasteiger partial charge in [0.15, 0.2) is 0 Å². The number of hydrogen-bond donors (Lipinski definition) is 1. The van der Waals surface area contributed by atoms with Crippen LogP contribution in [0.3, 0.4) is 0 Å². The van der Waals surface area contributed by atoms with Gasteiger partial charge in [-0.05, 0) is 23.8 Å². The molecule has 0 atom stereocenters. The van der Waals surface area contributed by atoms with E-state index in [1.54, 1.807) is 49.7 Å². The highest BCUT2D eigenvalue weighted by Crippen LogP contribution is 2.09. The Bertz CT molecular complexity index is 539. The van der Waals surface area contributed by atoms with E-state index in [0.717, 1.165) is 11.4 Å². The zero-order valence-electron chi connectivity index (χ0n) is 11.0. The molecule has 2 heterocycles. The van der Waals surface area contributed by atoms with Crippen molar-refractivity contribution in [2.75, 3.05) is 19.4 Å². The van der Waals surface area contributed by atoms with E-state index in [1.165, 1.54) is 0 Å². The van der Waals surface area contributed by atoms with E-state index >= 15 is 0 Å². The molecule has 0 radical (unpaired) electrons. The van der Waals surface area contributed by atoms with E-state index in [0.29, 0.717) is 12.1 Å². The number of nitrogens with one attached hydrogen (secondary N) is 1. The molecule has 2 aromatic heterocycles. The predicted molar refractivity (Wildman–Crippen MR) is 73.8 cm³/mol. The molecule has 0 aliphatic carbocycles. The second kappa shape index (κ2) is 5.95. The fourth-order valence-electron chi connectivity index (χ4n) is 1.73. The van der Waals surface area contributed by atoms with Crippen LogP contribution < -0.4 is 5.32 Å². The smallest absolute Gasteiger partial charge is 0.255 e. The highest BCUT2D eigenvalue weighted by atomic mass is 16.2. The third-order valence-corrected chi connectivity index (χ3v) is 2.76. The summed E-state index contributed by atoms with van der Waals surface area (Å²) in [5, 5.41) is 2.92. The maximum absolute atomic E-state index is 12.2. The number of anilines is 1. The molecule has 5 nitrogen and oxygen atoms in total. The second-order valence-corrected chi connectivity index (χ2v) is 4.20. The number of carbonyl (C=O) groups is 1. The van der Waals surface area contributed by atoms with Crippen molar-refractivity contribution in [1.29, 1.82) is 0 Å². The van der Waals surface area contributed by atoms with Gasteiger partial charge in [0.1, 0.15) is 5.82 Å². The molecule has 0 aliphatic heterocycles. The van der Waals surface area contributed by atoms with E-state index in [2.05, 4.69) is 15.3 Å². The number of amides is 1. The normalized spacial score (nSPS) is 10.0. The van der Waals surface area contributed by atoms with Crippen LogP contribution in [-0.4, -0.2) is 34.9 Å². The maximum atomic E-state index is 12.2. The summed E-state index contributed by atoms with van der Waals surface area (Å²) in [6, 6.07) is 7.35. The van der Waals surface area contributed by atoms with Crippen LogP contribution in [0.15, 0.2) is 42.9 Å². The van der Waals surface area contributed by atoms with E-state index in [1.807, 2.05) is 12.1 Å². The number of nitrogens with zero attached hydrogens (tertiary/aromatic N) is 3. The zero-order chi connectivity index (χ0) is 13.7. The largest absolute Gasteiger partial charge is 0.373 e. The Kier molecular flexibility index (Phi) is 4.07. The van der Waals surface area contributed by atoms with Crippen LogP contribution in [0, 0.1) is 0 Å². The molecule has 0 aliphatic rings. The maximum Gasteiger partial charge on any atom is 0.255 e. The number of rotatable bonds is 4. The lowest BCUT2D eigenvalue weighted by molar-refractivity contribution is 0.0784. The van der Waals surface area contributed by atoms with Gasteiger partial charge in [0.2, 0.25) is 0 Å². The Labute approximate surface area is 112 Å². The molecule has 19 heavy (non-hydrogen) atoms. The molecular weight excluding hydrogens is 240 g/mol. The van der Waals surface area contributed by atoms with Crippen LogP contribution in [0.1, 0.15) is 15.9 Å². The van der Waals surface area contributed by atoms with Crippen molar-refractivity contribution in [2.24, 2.45) is 0 Å². The fraction of sp³-hybridized carbons (Fsp3) is 0.214. The Balaban J connectivity index is 2.06. The van der Waals surface area contributed by atoms with Gasteiger partial charge in [-0.3, -0.25) is 9.78 Å². The minimum Gasteiger partial charge on any atom is -0.373 e. The van der Waals surface area contributed by atoms with Crippen LogP contribution in [0.5, 0.6) is 0 Å². The molecular formula is C14H16N4O. The Morgan fingerprint density at radius 3 is 2.74 bits per heavy atom. The molecule has 0 saturated carbocycles. The first kappa shape index (κ1) is 13.0. The lowest BCUT2D eigenvalue weighted by Crippen LogP contribution is -2.26. The van der Waals surface area contributed by atoms with Gasteiger partial charge in [-0.1, -0.05) is 6.07 Å². The van der Waals surface area contributed by atoms with Crippen LogP contribution in [0.2, 0.25) is 0 Å². The lowest BCUT2D eigenvalue weighted by atomic mass is 10.2. The van der Waals surface area contributed by atoms with Crippen molar-refractivity contribution in [2.45, 2.75) is 6.54 Å². The van der Waals surface area contributed by atoms with Crippen molar-refractivity contribution < 1.29 is 4.79 Å². The summed E-state index contributed by atoms with van der Waals surface area (Å²) in [4.78, 5) is 22.0. The molecule has 0 spiro atoms. The molecule has 5 heteroatoms. The number of pyridine rings is 2. The highest BCUT2D eigenvalue weighted by Gasteiger charge is 2.12. The molecule has 0 unspecified atom stereocenters. The van der Waals surface area contributed by atoms with Gasteiger partial charge in [0, 0.05) is 39.2 Å². The standard InChI is InChI=1S/C14H16N4O/c1-15-13-6-5-12(9-17-13)14(19)18(2)10-11-4-3-7-16-8-11/h3-9H,10H2,1-2H3,(H,15,17). The van der Waals surface area contributed by atoms with Crippen molar-refractivity contribution >= 4 is 11.7 Å². The lowest BCUT2D eigenvalue weighted by Gasteiger charge is -2.17. The minimum absolute atomic E-state index is 0.0565. The van der Waals surface area contributed by atoms with E-state index < -0.39 is 0 Å². The molecule has 0 fully saturated rings. The molecule has 1 amide bonds. The van der Waals surface area contributed by atoms with Crippen LogP contribution in [-0.2, 0) is 6.54 Å². The van der Waals surface area contributed by atoms with Crippen molar-refractivity contribution in [3.63, 3.8) is 0 Å². The van der Waals surface area contributed by atoms with E-state index in [9.17, 15) is 4.79 Å². The van der Waals surface area contributed by atoms with Gasteiger partial charge in [-0.25, -0.2) is 4.98 Å². The Morgan fingerprint density at radius 2 is 2.16 bits per heavy atom. The summed E-state index contributed by atoms with van der Waals surface area (Å²) < 4.78 is 0. The fourth-order valence-corrected chi connectivity index (χ4v) is 1.73. The Morgan fingerprint density at radius 1 is 1.32 bits per heavy atom. The second-order valence-electron chi connectivity index (χ2n) is 4.20. The van der Waals surface area contributed by atoms with Crippen LogP contribution in [0.25, 0.3) is 0 Å². The van der Waals surface area contributed by atoms with Crippen molar-refractivity contribution in [3.05, 3.63) is 54.0 Å². The van der Waals surface area contributed by atoms with Crippen molar-refractivity contribution in [1.82, 2.24) is 14.9 Å². The summed E-state index contributed by atoms with van der Waals surface area (Å²) in [7, 11) is 3.56. The average molecular weight is 256 g/mol. The zero-order valence-corrected chi connectivity index (χ0v) is 11.0. The summed E-state index contributed by atoms with van der Waals surface area (Å²) in [6.07, 6.45) is 5.05. The van der Waals surface area contributed by atoms with E-state index in [-0.39, 0.29) is 5.91 Å². The van der Waals surface area contributed by atoms with Gasteiger partial charge < -0.3 is 10.2 Å². The van der Waals surface area contributed by atoms with Gasteiger partial charge in [0.05, 0.1) is 5.56 Å². The van der Waals surface area contributed by atoms with Gasteiger partial charge in [-0.2, -0.15) is 0 Å². The first-order valence-electron chi connectivity index (χ1n) is 5.99. The summed E-state index contributed by atoms with van der Waals surface area (Å²) >= 11 is 0. The predicted octanol–water partition coefficient (Wildman–Crippen LogP) is 1.79. The number of aromatic nitrogens is 2. The molecule has 2 rings (SSSR count). The molecule has 0 bridgehead atoms. The van der Waals surface area contributed by atoms with Crippen LogP contribution >= 0.6 is 0 Å². The third-order valence-electron chi connectivity index (χ3n) is 2.76. The van der Waals surface area contributed by atoms with Gasteiger partial charge >= 0.3 is 0 Å². The quantitative estimate of drug-likeness (QED) is 0.906. The van der Waals surface area contributed by atoms with Gasteiger partial charge in [0.25, 0.3) is 5.91 Å². The summed E-state index contributed by atoms with van der Waals surface area (Å²) in [6.45, 7) is 0.528. The number of carbonyl (C=O) groups excluding carboxylic acids is 1. The van der Waals surface area contributed by atoms with Crippen molar-refractivity contribution in [3.8, 4) is 0 Å². The number of hydrogen-bond acceptors (Lipinski definition) is 4. The SMILES string of the molecule is CNc1ccc(C(=O)N(C)Cc2cccnc2)cn1. The Hall–Kier alpha value is -2.43. The first-order chi connectivity index (χ1) is 9.20. The third kappa shape index (κ3) is 3.28. The topological polar surface area (TPSA) is 58.1 Å². The summed E-state index contributed by atoms with van der Waals surface area (Å²) in [5.74, 6) is 0.686. The summed E-state index contributed by atoms with van der Waals surface area (Å²) in [5.41, 5.74) is 1.57. The van der Waals surface area contributed by atoms with Crippen LogP contribution in [0.4, 0.5) is 5.82 Å². The average Bonchev–Trinajstić information content (AvgIpc) is 2.47. The van der Waals surface area contributed by atoms with E-state index in [4.69, 9.17) is 0 Å². The molecule has 1 N–H and O–H groups in total. The highest BCUT2D eigenvalue weighted by molar-refractivity contribution is 5.93. The first-order valence-corrected chi connectivity index (χ1v) is 5.99. The molecule has 0 aromatic carbocycles. The molecule has 0 saturated heterocycles. The van der Waals surface area contributed by atoms with Gasteiger partial charge in [-0.15, -0.1) is 0 Å². The molecule has 98 valence electrons.